The molecule has 18 heavy (non-hydrogen) atoms. The van der Waals surface area contributed by atoms with Crippen molar-refractivity contribution >= 4 is 5.91 Å². The minimum atomic E-state index is -0.0431. The summed E-state index contributed by atoms with van der Waals surface area (Å²) in [6.07, 6.45) is 3.32. The average Bonchev–Trinajstić information content (AvgIpc) is 2.90. The minimum Gasteiger partial charge on any atom is -0.352 e. The normalized spacial score (nSPS) is 32.6. The summed E-state index contributed by atoms with van der Waals surface area (Å²) in [7, 11) is 1.88. The van der Waals surface area contributed by atoms with Crippen LogP contribution in [0.5, 0.6) is 0 Å². The average molecular weight is 253 g/mol. The molecule has 4 nitrogen and oxygen atoms in total. The van der Waals surface area contributed by atoms with E-state index >= 15 is 0 Å². The third-order valence-corrected chi connectivity index (χ3v) is 4.46. The second-order valence-electron chi connectivity index (χ2n) is 6.25. The summed E-state index contributed by atoms with van der Waals surface area (Å²) < 4.78 is 0. The lowest BCUT2D eigenvalue weighted by atomic mass is 9.97. The van der Waals surface area contributed by atoms with Gasteiger partial charge in [0.25, 0.3) is 0 Å². The van der Waals surface area contributed by atoms with Gasteiger partial charge in [0.1, 0.15) is 0 Å². The van der Waals surface area contributed by atoms with Gasteiger partial charge in [-0.25, -0.2) is 0 Å². The van der Waals surface area contributed by atoms with Gasteiger partial charge in [0, 0.05) is 12.6 Å². The zero-order chi connectivity index (χ0) is 13.1. The monoisotopic (exact) mass is 253 g/mol. The van der Waals surface area contributed by atoms with Crippen molar-refractivity contribution in [2.75, 3.05) is 20.1 Å². The lowest BCUT2D eigenvalue weighted by Gasteiger charge is -2.24. The Balaban J connectivity index is 1.86. The number of nitrogens with one attached hydrogen (secondary N) is 3. The summed E-state index contributed by atoms with van der Waals surface area (Å²) in [5.74, 6) is 2.17. The number of carbonyl (C=O) groups is 1. The fourth-order valence-electron chi connectivity index (χ4n) is 3.44. The molecule has 1 amide bonds. The van der Waals surface area contributed by atoms with E-state index in [4.69, 9.17) is 0 Å². The van der Waals surface area contributed by atoms with Crippen LogP contribution in [0.3, 0.4) is 0 Å². The Morgan fingerprint density at radius 1 is 1.33 bits per heavy atom. The van der Waals surface area contributed by atoms with Crippen molar-refractivity contribution in [2.45, 2.75) is 45.2 Å². The van der Waals surface area contributed by atoms with E-state index in [1.165, 1.54) is 6.42 Å². The molecule has 2 rings (SSSR count). The fraction of sp³-hybridized carbons (Fsp3) is 0.929. The third kappa shape index (κ3) is 3.04. The van der Waals surface area contributed by atoms with E-state index in [-0.39, 0.29) is 11.9 Å². The van der Waals surface area contributed by atoms with Crippen LogP contribution in [0.25, 0.3) is 0 Å². The van der Waals surface area contributed by atoms with Crippen LogP contribution in [-0.4, -0.2) is 38.1 Å². The number of amides is 1. The first-order valence-electron chi connectivity index (χ1n) is 7.30. The predicted molar refractivity (Wildman–Crippen MR) is 73.3 cm³/mol. The second kappa shape index (κ2) is 6.02. The Morgan fingerprint density at radius 3 is 2.78 bits per heavy atom. The van der Waals surface area contributed by atoms with Crippen LogP contribution in [0.2, 0.25) is 0 Å². The fourth-order valence-corrected chi connectivity index (χ4v) is 3.44. The van der Waals surface area contributed by atoms with Gasteiger partial charge in [0.15, 0.2) is 0 Å². The first-order chi connectivity index (χ1) is 8.61. The van der Waals surface area contributed by atoms with Gasteiger partial charge in [-0.3, -0.25) is 4.79 Å². The lowest BCUT2D eigenvalue weighted by Crippen LogP contribution is -2.49. The highest BCUT2D eigenvalue weighted by Gasteiger charge is 2.40. The minimum absolute atomic E-state index is 0.0431. The molecule has 1 heterocycles. The van der Waals surface area contributed by atoms with Crippen molar-refractivity contribution in [1.82, 2.24) is 16.0 Å². The maximum Gasteiger partial charge on any atom is 0.237 e. The predicted octanol–water partition coefficient (Wildman–Crippen LogP) is 0.735. The van der Waals surface area contributed by atoms with Crippen LogP contribution in [0.15, 0.2) is 0 Å². The van der Waals surface area contributed by atoms with Gasteiger partial charge in [-0.05, 0) is 50.6 Å². The van der Waals surface area contributed by atoms with Crippen LogP contribution in [-0.2, 0) is 4.79 Å². The first-order valence-corrected chi connectivity index (χ1v) is 7.30. The van der Waals surface area contributed by atoms with Gasteiger partial charge in [-0.1, -0.05) is 13.8 Å². The highest BCUT2D eigenvalue weighted by molar-refractivity contribution is 5.82. The molecule has 4 atom stereocenters. The summed E-state index contributed by atoms with van der Waals surface area (Å²) in [6, 6.07) is 0.346. The molecule has 0 radical (unpaired) electrons. The smallest absolute Gasteiger partial charge is 0.237 e. The molecule has 0 unspecified atom stereocenters. The van der Waals surface area contributed by atoms with Crippen molar-refractivity contribution in [3.63, 3.8) is 0 Å². The van der Waals surface area contributed by atoms with E-state index in [0.29, 0.717) is 17.9 Å². The Hall–Kier alpha value is -0.610. The van der Waals surface area contributed by atoms with E-state index in [1.807, 2.05) is 7.05 Å². The molecule has 0 spiro atoms. The van der Waals surface area contributed by atoms with Gasteiger partial charge in [-0.15, -0.1) is 0 Å². The van der Waals surface area contributed by atoms with Gasteiger partial charge in [-0.2, -0.15) is 0 Å². The van der Waals surface area contributed by atoms with E-state index in [9.17, 15) is 4.79 Å². The van der Waals surface area contributed by atoms with Crippen LogP contribution in [0, 0.1) is 17.8 Å². The summed E-state index contributed by atoms with van der Waals surface area (Å²) in [5.41, 5.74) is 0. The topological polar surface area (TPSA) is 53.2 Å². The van der Waals surface area contributed by atoms with E-state index in [2.05, 4.69) is 29.8 Å². The second-order valence-corrected chi connectivity index (χ2v) is 6.25. The summed E-state index contributed by atoms with van der Waals surface area (Å²) in [5, 5.41) is 9.84. The quantitative estimate of drug-likeness (QED) is 0.677. The number of hydrogen-bond donors (Lipinski definition) is 3. The first kappa shape index (κ1) is 13.8. The van der Waals surface area contributed by atoms with Crippen molar-refractivity contribution < 1.29 is 4.79 Å². The van der Waals surface area contributed by atoms with Crippen molar-refractivity contribution in [1.29, 1.82) is 0 Å². The zero-order valence-corrected chi connectivity index (χ0v) is 11.8. The molecular weight excluding hydrogens is 226 g/mol. The molecule has 3 N–H and O–H groups in total. The molecule has 0 aromatic heterocycles. The highest BCUT2D eigenvalue weighted by atomic mass is 16.2. The van der Waals surface area contributed by atoms with Crippen LogP contribution < -0.4 is 16.0 Å². The number of carbonyl (C=O) groups excluding carboxylic acids is 1. The molecule has 1 aliphatic heterocycles. The molecule has 0 aromatic carbocycles. The SMILES string of the molecule is CN[C@@H](CC(C)C)C(=O)N[C@H]1CC[C@@H]2CNC[C@@H]21. The Labute approximate surface area is 110 Å². The molecule has 104 valence electrons. The maximum atomic E-state index is 12.3. The Bertz CT molecular complexity index is 293. The van der Waals surface area contributed by atoms with Crippen LogP contribution >= 0.6 is 0 Å². The largest absolute Gasteiger partial charge is 0.352 e. The molecule has 2 aliphatic rings. The van der Waals surface area contributed by atoms with E-state index in [1.54, 1.807) is 0 Å². The van der Waals surface area contributed by atoms with Gasteiger partial charge < -0.3 is 16.0 Å². The lowest BCUT2D eigenvalue weighted by molar-refractivity contribution is -0.124. The molecule has 1 aliphatic carbocycles. The molecular formula is C14H27N3O. The maximum absolute atomic E-state index is 12.3. The summed E-state index contributed by atoms with van der Waals surface area (Å²) in [6.45, 7) is 6.52. The van der Waals surface area contributed by atoms with Gasteiger partial charge in [0.05, 0.1) is 6.04 Å². The number of hydrogen-bond acceptors (Lipinski definition) is 3. The number of likely N-dealkylation sites (N-methyl/N-ethyl adjacent to an activating group) is 1. The zero-order valence-electron chi connectivity index (χ0n) is 11.8. The van der Waals surface area contributed by atoms with Crippen LogP contribution in [0.4, 0.5) is 0 Å². The number of fused-ring (bicyclic) bond motifs is 1. The van der Waals surface area contributed by atoms with Crippen molar-refractivity contribution in [2.24, 2.45) is 17.8 Å². The standard InChI is InChI=1S/C14H27N3O/c1-9(2)6-13(15-3)14(18)17-12-5-4-10-7-16-8-11(10)12/h9-13,15-16H,4-8H2,1-3H3,(H,17,18)/t10-,11+,12+,13+/m1/s1. The molecule has 0 bridgehead atoms. The molecule has 4 heteroatoms. The Morgan fingerprint density at radius 2 is 2.11 bits per heavy atom. The van der Waals surface area contributed by atoms with Gasteiger partial charge in [0.2, 0.25) is 5.91 Å². The van der Waals surface area contributed by atoms with Gasteiger partial charge >= 0.3 is 0 Å². The summed E-state index contributed by atoms with van der Waals surface area (Å²) >= 11 is 0. The molecule has 1 saturated carbocycles. The molecule has 2 fully saturated rings. The van der Waals surface area contributed by atoms with E-state index < -0.39 is 0 Å². The Kier molecular flexibility index (Phi) is 4.62. The highest BCUT2D eigenvalue weighted by Crippen LogP contribution is 2.34. The van der Waals surface area contributed by atoms with Crippen molar-refractivity contribution in [3.8, 4) is 0 Å². The van der Waals surface area contributed by atoms with Crippen LogP contribution in [0.1, 0.15) is 33.1 Å². The molecule has 1 saturated heterocycles. The molecule has 0 aromatic rings. The van der Waals surface area contributed by atoms with Crippen molar-refractivity contribution in [3.05, 3.63) is 0 Å². The van der Waals surface area contributed by atoms with E-state index in [0.717, 1.165) is 31.8 Å². The third-order valence-electron chi connectivity index (χ3n) is 4.46. The summed E-state index contributed by atoms with van der Waals surface area (Å²) in [4.78, 5) is 12.3. The number of rotatable bonds is 5.